The summed E-state index contributed by atoms with van der Waals surface area (Å²) >= 11 is 5.97. The molecule has 0 radical (unpaired) electrons. The largest absolute Gasteiger partial charge is 0.452 e. The molecule has 27 heavy (non-hydrogen) atoms. The van der Waals surface area contributed by atoms with Gasteiger partial charge in [-0.25, -0.2) is 4.79 Å². The second-order valence-electron chi connectivity index (χ2n) is 6.25. The monoisotopic (exact) mass is 382 g/mol. The Balaban J connectivity index is 1.65. The maximum Gasteiger partial charge on any atom is 0.339 e. The third-order valence-corrected chi connectivity index (χ3v) is 4.36. The number of para-hydroxylation sites is 1. The SMILES string of the molecule is Cc1cc(C(=O)OCC(=O)N[C@@H](C)c2cccc(Cl)c2)c2ccccc2n1. The van der Waals surface area contributed by atoms with E-state index in [0.717, 1.165) is 5.56 Å². The van der Waals surface area contributed by atoms with E-state index in [1.54, 1.807) is 24.3 Å². The quantitative estimate of drug-likeness (QED) is 0.670. The fourth-order valence-corrected chi connectivity index (χ4v) is 3.03. The van der Waals surface area contributed by atoms with Crippen molar-refractivity contribution in [2.75, 3.05) is 6.61 Å². The van der Waals surface area contributed by atoms with Crippen molar-refractivity contribution < 1.29 is 14.3 Å². The number of rotatable bonds is 5. The van der Waals surface area contributed by atoms with E-state index in [2.05, 4.69) is 10.3 Å². The van der Waals surface area contributed by atoms with Gasteiger partial charge in [-0.15, -0.1) is 0 Å². The van der Waals surface area contributed by atoms with Gasteiger partial charge in [0.2, 0.25) is 0 Å². The maximum atomic E-state index is 12.5. The zero-order valence-corrected chi connectivity index (χ0v) is 15.8. The van der Waals surface area contributed by atoms with E-state index in [1.165, 1.54) is 0 Å². The molecule has 0 aliphatic heterocycles. The Morgan fingerprint density at radius 1 is 1.15 bits per heavy atom. The summed E-state index contributed by atoms with van der Waals surface area (Å²) in [5, 5.41) is 4.08. The van der Waals surface area contributed by atoms with Crippen molar-refractivity contribution in [1.29, 1.82) is 0 Å². The molecule has 0 fully saturated rings. The highest BCUT2D eigenvalue weighted by molar-refractivity contribution is 6.30. The Hall–Kier alpha value is -2.92. The standard InChI is InChI=1S/C21H19ClN2O3/c1-13-10-18(17-8-3-4-9-19(17)23-13)21(26)27-12-20(25)24-14(2)15-6-5-7-16(22)11-15/h3-11,14H,12H2,1-2H3,(H,24,25)/t14-/m0/s1. The zero-order valence-electron chi connectivity index (χ0n) is 15.0. The molecule has 0 spiro atoms. The molecule has 0 bridgehead atoms. The van der Waals surface area contributed by atoms with Crippen LogP contribution < -0.4 is 5.32 Å². The maximum absolute atomic E-state index is 12.5. The van der Waals surface area contributed by atoms with Gasteiger partial charge in [-0.05, 0) is 43.7 Å². The van der Waals surface area contributed by atoms with Gasteiger partial charge >= 0.3 is 5.97 Å². The Labute approximate surface area is 162 Å². The summed E-state index contributed by atoms with van der Waals surface area (Å²) in [5.74, 6) is -0.937. The lowest BCUT2D eigenvalue weighted by atomic mass is 10.1. The number of ether oxygens (including phenoxy) is 1. The first-order valence-corrected chi connectivity index (χ1v) is 8.90. The number of nitrogens with zero attached hydrogens (tertiary/aromatic N) is 1. The number of aryl methyl sites for hydroxylation is 1. The third-order valence-electron chi connectivity index (χ3n) is 4.12. The van der Waals surface area contributed by atoms with Gasteiger partial charge in [-0.1, -0.05) is 41.9 Å². The van der Waals surface area contributed by atoms with E-state index in [4.69, 9.17) is 16.3 Å². The van der Waals surface area contributed by atoms with Gasteiger partial charge in [-0.2, -0.15) is 0 Å². The van der Waals surface area contributed by atoms with Gasteiger partial charge in [0.25, 0.3) is 5.91 Å². The van der Waals surface area contributed by atoms with E-state index in [-0.39, 0.29) is 18.6 Å². The lowest BCUT2D eigenvalue weighted by Gasteiger charge is -2.15. The van der Waals surface area contributed by atoms with Crippen LogP contribution in [0.25, 0.3) is 10.9 Å². The summed E-state index contributed by atoms with van der Waals surface area (Å²) < 4.78 is 5.21. The third kappa shape index (κ3) is 4.63. The van der Waals surface area contributed by atoms with Crippen LogP contribution in [0.4, 0.5) is 0 Å². The molecule has 2 aromatic carbocycles. The summed E-state index contributed by atoms with van der Waals surface area (Å²) in [6, 6.07) is 16.0. The zero-order chi connectivity index (χ0) is 19.4. The highest BCUT2D eigenvalue weighted by Crippen LogP contribution is 2.19. The normalized spacial score (nSPS) is 11.8. The van der Waals surface area contributed by atoms with Crippen molar-refractivity contribution in [3.05, 3.63) is 76.4 Å². The van der Waals surface area contributed by atoms with Crippen LogP contribution >= 0.6 is 11.6 Å². The lowest BCUT2D eigenvalue weighted by Crippen LogP contribution is -2.31. The predicted molar refractivity (Wildman–Crippen MR) is 105 cm³/mol. The summed E-state index contributed by atoms with van der Waals surface area (Å²) in [6.45, 7) is 3.28. The Kier molecular flexibility index (Phi) is 5.72. The Morgan fingerprint density at radius 2 is 1.93 bits per heavy atom. The van der Waals surface area contributed by atoms with Crippen LogP contribution in [0, 0.1) is 6.92 Å². The van der Waals surface area contributed by atoms with Gasteiger partial charge in [0.05, 0.1) is 17.1 Å². The van der Waals surface area contributed by atoms with Gasteiger partial charge < -0.3 is 10.1 Å². The average molecular weight is 383 g/mol. The minimum Gasteiger partial charge on any atom is -0.452 e. The number of amides is 1. The topological polar surface area (TPSA) is 68.3 Å². The number of nitrogens with one attached hydrogen (secondary N) is 1. The Morgan fingerprint density at radius 3 is 2.70 bits per heavy atom. The van der Waals surface area contributed by atoms with E-state index in [0.29, 0.717) is 27.2 Å². The molecule has 6 heteroatoms. The van der Waals surface area contributed by atoms with Gasteiger partial charge in [-0.3, -0.25) is 9.78 Å². The summed E-state index contributed by atoms with van der Waals surface area (Å²) in [4.78, 5) is 29.0. The van der Waals surface area contributed by atoms with Crippen molar-refractivity contribution >= 4 is 34.4 Å². The van der Waals surface area contributed by atoms with Crippen molar-refractivity contribution in [3.63, 3.8) is 0 Å². The van der Waals surface area contributed by atoms with Crippen molar-refractivity contribution in [3.8, 4) is 0 Å². The molecular weight excluding hydrogens is 364 g/mol. The molecule has 0 aliphatic carbocycles. The molecule has 1 atom stereocenters. The van der Waals surface area contributed by atoms with Crippen LogP contribution in [-0.2, 0) is 9.53 Å². The molecule has 3 rings (SSSR count). The number of hydrogen-bond acceptors (Lipinski definition) is 4. The van der Waals surface area contributed by atoms with Gasteiger partial charge in [0.15, 0.2) is 6.61 Å². The summed E-state index contributed by atoms with van der Waals surface area (Å²) in [7, 11) is 0. The average Bonchev–Trinajstić information content (AvgIpc) is 2.65. The number of esters is 1. The van der Waals surface area contributed by atoms with Crippen LogP contribution in [-0.4, -0.2) is 23.5 Å². The van der Waals surface area contributed by atoms with Crippen LogP contribution in [0.1, 0.15) is 34.6 Å². The molecule has 1 heterocycles. The fourth-order valence-electron chi connectivity index (χ4n) is 2.83. The predicted octanol–water partition coefficient (Wildman–Crippen LogP) is 4.23. The molecular formula is C21H19ClN2O3. The lowest BCUT2D eigenvalue weighted by molar-refractivity contribution is -0.124. The molecule has 3 aromatic rings. The number of carbonyl (C=O) groups excluding carboxylic acids is 2. The number of hydrogen-bond donors (Lipinski definition) is 1. The van der Waals surface area contributed by atoms with E-state index < -0.39 is 5.97 Å². The van der Waals surface area contributed by atoms with E-state index >= 15 is 0 Å². The highest BCUT2D eigenvalue weighted by atomic mass is 35.5. The van der Waals surface area contributed by atoms with Crippen molar-refractivity contribution in [1.82, 2.24) is 10.3 Å². The molecule has 1 amide bonds. The number of halogens is 1. The molecule has 5 nitrogen and oxygen atoms in total. The Bertz CT molecular complexity index is 1000. The number of benzene rings is 2. The molecule has 138 valence electrons. The van der Waals surface area contributed by atoms with Crippen molar-refractivity contribution in [2.45, 2.75) is 19.9 Å². The first kappa shape index (κ1) is 18.9. The molecule has 1 aromatic heterocycles. The highest BCUT2D eigenvalue weighted by Gasteiger charge is 2.16. The minimum absolute atomic E-state index is 0.251. The summed E-state index contributed by atoms with van der Waals surface area (Å²) in [5.41, 5.74) is 2.69. The molecule has 1 N–H and O–H groups in total. The summed E-state index contributed by atoms with van der Waals surface area (Å²) in [6.07, 6.45) is 0. The molecule has 0 unspecified atom stereocenters. The van der Waals surface area contributed by atoms with Crippen LogP contribution in [0.15, 0.2) is 54.6 Å². The van der Waals surface area contributed by atoms with Gasteiger partial charge in [0, 0.05) is 16.1 Å². The fraction of sp³-hybridized carbons (Fsp3) is 0.190. The number of fused-ring (bicyclic) bond motifs is 1. The van der Waals surface area contributed by atoms with Crippen LogP contribution in [0.2, 0.25) is 5.02 Å². The second kappa shape index (κ2) is 8.18. The minimum atomic E-state index is -0.553. The second-order valence-corrected chi connectivity index (χ2v) is 6.69. The molecule has 0 saturated carbocycles. The molecule has 0 aliphatic rings. The van der Waals surface area contributed by atoms with E-state index in [1.807, 2.05) is 44.2 Å². The van der Waals surface area contributed by atoms with Crippen molar-refractivity contribution in [2.24, 2.45) is 0 Å². The van der Waals surface area contributed by atoms with Gasteiger partial charge in [0.1, 0.15) is 0 Å². The van der Waals surface area contributed by atoms with Crippen LogP contribution in [0.3, 0.4) is 0 Å². The smallest absolute Gasteiger partial charge is 0.339 e. The number of carbonyl (C=O) groups is 2. The van der Waals surface area contributed by atoms with E-state index in [9.17, 15) is 9.59 Å². The first-order chi connectivity index (χ1) is 12.9. The molecule has 0 saturated heterocycles. The number of aromatic nitrogens is 1. The van der Waals surface area contributed by atoms with Crippen LogP contribution in [0.5, 0.6) is 0 Å². The number of pyridine rings is 1. The first-order valence-electron chi connectivity index (χ1n) is 8.52.